The fourth-order valence-electron chi connectivity index (χ4n) is 3.63. The van der Waals surface area contributed by atoms with E-state index in [4.69, 9.17) is 11.6 Å². The SMILES string of the molecule is O=C(O)c1cnc(-c2c[nH]c3ncc(Cl)cc23)nc1N1CCC[C@@H]1C(=O)NCC(F)(F)F.[HH].[HH]. The summed E-state index contributed by atoms with van der Waals surface area (Å²) in [6.07, 6.45) is 0.338. The first-order chi connectivity index (χ1) is 15.1. The first-order valence-corrected chi connectivity index (χ1v) is 9.86. The smallest absolute Gasteiger partial charge is 0.405 e. The van der Waals surface area contributed by atoms with E-state index in [1.54, 1.807) is 12.3 Å². The van der Waals surface area contributed by atoms with Crippen LogP contribution in [0.1, 0.15) is 26.1 Å². The van der Waals surface area contributed by atoms with Crippen molar-refractivity contribution < 1.29 is 30.7 Å². The van der Waals surface area contributed by atoms with Gasteiger partial charge in [-0.25, -0.2) is 19.7 Å². The molecule has 4 heterocycles. The lowest BCUT2D eigenvalue weighted by Crippen LogP contribution is -2.46. The molecule has 0 spiro atoms. The highest BCUT2D eigenvalue weighted by Gasteiger charge is 2.36. The van der Waals surface area contributed by atoms with E-state index in [1.165, 1.54) is 11.1 Å². The lowest BCUT2D eigenvalue weighted by atomic mass is 10.1. The minimum absolute atomic E-state index is 0. The highest BCUT2D eigenvalue weighted by atomic mass is 35.5. The van der Waals surface area contributed by atoms with Crippen LogP contribution in [0.25, 0.3) is 22.4 Å². The third kappa shape index (κ3) is 4.31. The summed E-state index contributed by atoms with van der Waals surface area (Å²) in [7, 11) is 0. The maximum Gasteiger partial charge on any atom is 0.405 e. The zero-order valence-electron chi connectivity index (χ0n) is 16.3. The molecule has 172 valence electrons. The van der Waals surface area contributed by atoms with Crippen molar-refractivity contribution in [2.24, 2.45) is 0 Å². The number of fused-ring (bicyclic) bond motifs is 1. The summed E-state index contributed by atoms with van der Waals surface area (Å²) in [6, 6.07) is 0.657. The van der Waals surface area contributed by atoms with E-state index < -0.39 is 30.6 Å². The summed E-state index contributed by atoms with van der Waals surface area (Å²) < 4.78 is 37.5. The van der Waals surface area contributed by atoms with E-state index in [0.29, 0.717) is 28.0 Å². The van der Waals surface area contributed by atoms with Crippen molar-refractivity contribution >= 4 is 40.3 Å². The number of carboxylic acid groups (broad SMARTS) is 1. The van der Waals surface area contributed by atoms with Gasteiger partial charge in [0.25, 0.3) is 0 Å². The molecular formula is C19H20ClF3N6O3. The number of pyridine rings is 1. The Bertz CT molecular complexity index is 1210. The number of carboxylic acids is 1. The Morgan fingerprint density at radius 2 is 2.12 bits per heavy atom. The molecule has 1 aliphatic heterocycles. The molecule has 1 amide bonds. The molecule has 0 aliphatic carbocycles. The minimum atomic E-state index is -4.56. The number of hydrogen-bond donors (Lipinski definition) is 3. The standard InChI is InChI=1S/C19H16ClF3N6O3.2H2/c20-9-4-10-11(6-25-14(10)24-5-9)15-26-7-12(18(31)32)16(28-15)29-3-1-2-13(29)17(30)27-8-19(21,22)23;;/h4-7,13H,1-3,8H2,(H,24,25)(H,27,30)(H,31,32);2*1H/t13-;;/m1../s1. The molecule has 0 bridgehead atoms. The normalized spacial score (nSPS) is 16.5. The molecule has 1 atom stereocenters. The number of nitrogens with one attached hydrogen (secondary N) is 2. The van der Waals surface area contributed by atoms with Crippen LogP contribution in [-0.4, -0.2) is 62.2 Å². The Labute approximate surface area is 186 Å². The summed E-state index contributed by atoms with van der Waals surface area (Å²) >= 11 is 6.02. The second-order valence-corrected chi connectivity index (χ2v) is 7.61. The van der Waals surface area contributed by atoms with Crippen molar-refractivity contribution in [2.75, 3.05) is 18.0 Å². The fraction of sp³-hybridized carbons (Fsp3) is 0.316. The molecule has 3 aromatic heterocycles. The van der Waals surface area contributed by atoms with Gasteiger partial charge in [-0.2, -0.15) is 13.2 Å². The number of rotatable bonds is 5. The van der Waals surface area contributed by atoms with Gasteiger partial charge in [0.15, 0.2) is 5.82 Å². The van der Waals surface area contributed by atoms with Gasteiger partial charge < -0.3 is 20.3 Å². The van der Waals surface area contributed by atoms with Gasteiger partial charge in [0.1, 0.15) is 29.6 Å². The molecule has 4 rings (SSSR count). The summed E-state index contributed by atoms with van der Waals surface area (Å²) in [5.41, 5.74) is 0.758. The molecule has 3 N–H and O–H groups in total. The molecule has 13 heteroatoms. The summed E-state index contributed by atoms with van der Waals surface area (Å²) in [4.78, 5) is 41.2. The third-order valence-corrected chi connectivity index (χ3v) is 5.23. The van der Waals surface area contributed by atoms with Crippen molar-refractivity contribution in [1.29, 1.82) is 0 Å². The Hall–Kier alpha value is -3.41. The Morgan fingerprint density at radius 3 is 2.84 bits per heavy atom. The van der Waals surface area contributed by atoms with E-state index >= 15 is 0 Å². The highest BCUT2D eigenvalue weighted by Crippen LogP contribution is 2.32. The maximum absolute atomic E-state index is 12.5. The summed E-state index contributed by atoms with van der Waals surface area (Å²) in [6.45, 7) is -1.22. The van der Waals surface area contributed by atoms with Crippen LogP contribution in [0.4, 0.5) is 19.0 Å². The van der Waals surface area contributed by atoms with Crippen LogP contribution in [0, 0.1) is 0 Å². The van der Waals surface area contributed by atoms with Gasteiger partial charge in [-0.1, -0.05) is 11.6 Å². The number of halogens is 4. The molecule has 0 saturated carbocycles. The van der Waals surface area contributed by atoms with E-state index in [2.05, 4.69) is 19.9 Å². The number of aromatic amines is 1. The first kappa shape index (κ1) is 21.8. The molecule has 0 aromatic carbocycles. The van der Waals surface area contributed by atoms with Crippen LogP contribution in [-0.2, 0) is 4.79 Å². The molecule has 0 unspecified atom stereocenters. The molecule has 0 radical (unpaired) electrons. The number of aromatic carboxylic acids is 1. The third-order valence-electron chi connectivity index (χ3n) is 5.03. The van der Waals surface area contributed by atoms with Gasteiger partial charge in [-0.3, -0.25) is 4.79 Å². The zero-order chi connectivity index (χ0) is 23.0. The van der Waals surface area contributed by atoms with E-state index in [0.717, 1.165) is 6.20 Å². The van der Waals surface area contributed by atoms with Gasteiger partial charge >= 0.3 is 12.1 Å². The molecule has 32 heavy (non-hydrogen) atoms. The Morgan fingerprint density at radius 1 is 1.34 bits per heavy atom. The van der Waals surface area contributed by atoms with Gasteiger partial charge in [0.05, 0.1) is 5.02 Å². The lowest BCUT2D eigenvalue weighted by Gasteiger charge is -2.26. The fourth-order valence-corrected chi connectivity index (χ4v) is 3.79. The van der Waals surface area contributed by atoms with Gasteiger partial charge in [0.2, 0.25) is 5.91 Å². The van der Waals surface area contributed by atoms with Crippen LogP contribution in [0.3, 0.4) is 0 Å². The number of nitrogens with zero attached hydrogens (tertiary/aromatic N) is 4. The Balaban J connectivity index is 0.00000204. The van der Waals surface area contributed by atoms with Crippen molar-refractivity contribution in [2.45, 2.75) is 25.1 Å². The van der Waals surface area contributed by atoms with Crippen molar-refractivity contribution in [3.05, 3.63) is 35.2 Å². The predicted molar refractivity (Wildman–Crippen MR) is 113 cm³/mol. The molecule has 9 nitrogen and oxygen atoms in total. The van der Waals surface area contributed by atoms with E-state index in [9.17, 15) is 27.9 Å². The number of aromatic nitrogens is 4. The second-order valence-electron chi connectivity index (χ2n) is 7.17. The largest absolute Gasteiger partial charge is 0.477 e. The zero-order valence-corrected chi connectivity index (χ0v) is 17.0. The van der Waals surface area contributed by atoms with Crippen molar-refractivity contribution in [3.63, 3.8) is 0 Å². The van der Waals surface area contributed by atoms with Crippen LogP contribution in [0.5, 0.6) is 0 Å². The highest BCUT2D eigenvalue weighted by molar-refractivity contribution is 6.31. The molecular weight excluding hydrogens is 453 g/mol. The average molecular weight is 473 g/mol. The number of amides is 1. The monoisotopic (exact) mass is 472 g/mol. The molecule has 3 aromatic rings. The number of carbonyl (C=O) groups excluding carboxylic acids is 1. The van der Waals surface area contributed by atoms with Gasteiger partial charge in [0, 0.05) is 38.9 Å². The number of alkyl halides is 3. The average Bonchev–Trinajstić information content (AvgIpc) is 3.38. The summed E-state index contributed by atoms with van der Waals surface area (Å²) in [5, 5.41) is 12.4. The van der Waals surface area contributed by atoms with Crippen LogP contribution < -0.4 is 10.2 Å². The number of carbonyl (C=O) groups is 2. The molecule has 1 fully saturated rings. The molecule has 1 aliphatic rings. The lowest BCUT2D eigenvalue weighted by molar-refractivity contribution is -0.139. The quantitative estimate of drug-likeness (QED) is 0.519. The minimum Gasteiger partial charge on any atom is -0.477 e. The van der Waals surface area contributed by atoms with E-state index in [-0.39, 0.29) is 33.0 Å². The summed E-state index contributed by atoms with van der Waals surface area (Å²) in [5.74, 6) is -2.06. The van der Waals surface area contributed by atoms with Gasteiger partial charge in [-0.15, -0.1) is 0 Å². The van der Waals surface area contributed by atoms with Crippen LogP contribution in [0.2, 0.25) is 5.02 Å². The van der Waals surface area contributed by atoms with Crippen LogP contribution in [0.15, 0.2) is 24.7 Å². The number of hydrogen-bond acceptors (Lipinski definition) is 6. The van der Waals surface area contributed by atoms with Gasteiger partial charge in [-0.05, 0) is 18.9 Å². The maximum atomic E-state index is 12.5. The number of H-pyrrole nitrogens is 1. The van der Waals surface area contributed by atoms with E-state index in [1.807, 2.05) is 5.32 Å². The second kappa shape index (κ2) is 8.26. The first-order valence-electron chi connectivity index (χ1n) is 9.48. The topological polar surface area (TPSA) is 124 Å². The Kier molecular flexibility index (Phi) is 5.63. The van der Waals surface area contributed by atoms with Crippen molar-refractivity contribution in [1.82, 2.24) is 25.3 Å². The van der Waals surface area contributed by atoms with Crippen LogP contribution >= 0.6 is 11.6 Å². The predicted octanol–water partition coefficient (Wildman–Crippen LogP) is 3.51. The number of anilines is 1. The molecule has 1 saturated heterocycles. The van der Waals surface area contributed by atoms with Crippen molar-refractivity contribution in [3.8, 4) is 11.4 Å².